The SMILES string of the molecule is O=C(/C=C/c1ccccc1)OCCCc1cn(Cc2cc(Cl)ccc2Cl)nn1. The van der Waals surface area contributed by atoms with Crippen LogP contribution in [0, 0.1) is 0 Å². The van der Waals surface area contributed by atoms with Crippen molar-refractivity contribution in [1.82, 2.24) is 15.0 Å². The van der Waals surface area contributed by atoms with Crippen LogP contribution in [0.4, 0.5) is 0 Å². The number of benzene rings is 2. The van der Waals surface area contributed by atoms with Crippen LogP contribution in [-0.2, 0) is 22.5 Å². The van der Waals surface area contributed by atoms with Crippen molar-refractivity contribution in [2.75, 3.05) is 6.61 Å². The smallest absolute Gasteiger partial charge is 0.330 e. The number of hydrogen-bond donors (Lipinski definition) is 0. The number of esters is 1. The predicted molar refractivity (Wildman–Crippen MR) is 110 cm³/mol. The minimum absolute atomic E-state index is 0.324. The van der Waals surface area contributed by atoms with Crippen LogP contribution in [0.3, 0.4) is 0 Å². The van der Waals surface area contributed by atoms with Crippen molar-refractivity contribution in [3.8, 4) is 0 Å². The summed E-state index contributed by atoms with van der Waals surface area (Å²) in [5.41, 5.74) is 2.66. The third-order valence-corrected chi connectivity index (χ3v) is 4.56. The third-order valence-electron chi connectivity index (χ3n) is 3.96. The van der Waals surface area contributed by atoms with Crippen molar-refractivity contribution in [3.63, 3.8) is 0 Å². The number of halogens is 2. The molecule has 3 rings (SSSR count). The average molecular weight is 416 g/mol. The number of carbonyl (C=O) groups excluding carboxylic acids is 1. The maximum atomic E-state index is 11.7. The van der Waals surface area contributed by atoms with Crippen molar-refractivity contribution < 1.29 is 9.53 Å². The van der Waals surface area contributed by atoms with E-state index in [2.05, 4.69) is 10.3 Å². The lowest BCUT2D eigenvalue weighted by Crippen LogP contribution is -2.03. The van der Waals surface area contributed by atoms with Gasteiger partial charge in [-0.3, -0.25) is 0 Å². The minimum Gasteiger partial charge on any atom is -0.463 e. The third kappa shape index (κ3) is 6.22. The van der Waals surface area contributed by atoms with Crippen LogP contribution in [0.15, 0.2) is 60.8 Å². The number of aromatic nitrogens is 3. The average Bonchev–Trinajstić information content (AvgIpc) is 3.14. The second kappa shape index (κ2) is 10.1. The second-order valence-corrected chi connectivity index (χ2v) is 7.00. The van der Waals surface area contributed by atoms with Crippen LogP contribution in [0.5, 0.6) is 0 Å². The number of ether oxygens (including phenoxy) is 1. The predicted octanol–water partition coefficient (Wildman–Crippen LogP) is 4.82. The van der Waals surface area contributed by atoms with Crippen LogP contribution in [-0.4, -0.2) is 27.6 Å². The Morgan fingerprint density at radius 2 is 1.96 bits per heavy atom. The molecule has 0 fully saturated rings. The maximum Gasteiger partial charge on any atom is 0.330 e. The lowest BCUT2D eigenvalue weighted by molar-refractivity contribution is -0.137. The summed E-state index contributed by atoms with van der Waals surface area (Å²) in [7, 11) is 0. The monoisotopic (exact) mass is 415 g/mol. The Morgan fingerprint density at radius 3 is 2.79 bits per heavy atom. The lowest BCUT2D eigenvalue weighted by atomic mass is 10.2. The molecule has 0 aliphatic heterocycles. The number of nitrogens with zero attached hydrogens (tertiary/aromatic N) is 3. The summed E-state index contributed by atoms with van der Waals surface area (Å²) in [5.74, 6) is -0.358. The first-order chi connectivity index (χ1) is 13.6. The number of carbonyl (C=O) groups is 1. The quantitative estimate of drug-likeness (QED) is 0.300. The van der Waals surface area contributed by atoms with E-state index in [4.69, 9.17) is 27.9 Å². The molecular weight excluding hydrogens is 397 g/mol. The van der Waals surface area contributed by atoms with Gasteiger partial charge < -0.3 is 4.74 Å². The van der Waals surface area contributed by atoms with Gasteiger partial charge in [-0.25, -0.2) is 9.48 Å². The van der Waals surface area contributed by atoms with Crippen LogP contribution in [0.2, 0.25) is 10.0 Å². The van der Waals surface area contributed by atoms with Gasteiger partial charge in [-0.15, -0.1) is 5.10 Å². The molecule has 0 saturated heterocycles. The molecule has 1 heterocycles. The fourth-order valence-electron chi connectivity index (χ4n) is 2.57. The van der Waals surface area contributed by atoms with Crippen molar-refractivity contribution in [1.29, 1.82) is 0 Å². The largest absolute Gasteiger partial charge is 0.463 e. The van der Waals surface area contributed by atoms with Gasteiger partial charge in [-0.1, -0.05) is 58.7 Å². The summed E-state index contributed by atoms with van der Waals surface area (Å²) in [5, 5.41) is 9.51. The van der Waals surface area contributed by atoms with Crippen molar-refractivity contribution in [2.45, 2.75) is 19.4 Å². The molecule has 0 aliphatic rings. The van der Waals surface area contributed by atoms with Crippen LogP contribution < -0.4 is 0 Å². The van der Waals surface area contributed by atoms with Gasteiger partial charge >= 0.3 is 5.97 Å². The molecule has 0 radical (unpaired) electrons. The van der Waals surface area contributed by atoms with Gasteiger partial charge in [-0.2, -0.15) is 0 Å². The van der Waals surface area contributed by atoms with Gasteiger partial charge in [0.1, 0.15) is 0 Å². The van der Waals surface area contributed by atoms with E-state index in [1.807, 2.05) is 42.6 Å². The molecule has 5 nitrogen and oxygen atoms in total. The van der Waals surface area contributed by atoms with Crippen molar-refractivity contribution in [2.24, 2.45) is 0 Å². The first-order valence-electron chi connectivity index (χ1n) is 8.83. The van der Waals surface area contributed by atoms with E-state index in [1.165, 1.54) is 6.08 Å². The van der Waals surface area contributed by atoms with E-state index in [9.17, 15) is 4.79 Å². The summed E-state index contributed by atoms with van der Waals surface area (Å²) in [6.07, 6.45) is 6.35. The Morgan fingerprint density at radius 1 is 1.14 bits per heavy atom. The zero-order chi connectivity index (χ0) is 19.8. The highest BCUT2D eigenvalue weighted by molar-refractivity contribution is 6.33. The zero-order valence-electron chi connectivity index (χ0n) is 15.1. The molecule has 0 amide bonds. The molecule has 0 saturated carbocycles. The molecule has 144 valence electrons. The summed E-state index contributed by atoms with van der Waals surface area (Å²) in [6, 6.07) is 14.9. The van der Waals surface area contributed by atoms with E-state index < -0.39 is 0 Å². The molecule has 0 N–H and O–H groups in total. The van der Waals surface area contributed by atoms with Crippen molar-refractivity contribution in [3.05, 3.63) is 87.7 Å². The molecule has 0 unspecified atom stereocenters. The van der Waals surface area contributed by atoms with E-state index in [1.54, 1.807) is 22.9 Å². The Balaban J connectivity index is 1.41. The van der Waals surface area contributed by atoms with Gasteiger partial charge in [0.05, 0.1) is 18.8 Å². The first kappa shape index (κ1) is 20.1. The highest BCUT2D eigenvalue weighted by atomic mass is 35.5. The highest BCUT2D eigenvalue weighted by Crippen LogP contribution is 2.21. The molecule has 28 heavy (non-hydrogen) atoms. The molecule has 7 heteroatoms. The zero-order valence-corrected chi connectivity index (χ0v) is 16.6. The first-order valence-corrected chi connectivity index (χ1v) is 9.58. The number of aryl methyl sites for hydroxylation is 1. The molecule has 0 spiro atoms. The van der Waals surface area contributed by atoms with E-state index in [0.717, 1.165) is 16.8 Å². The summed E-state index contributed by atoms with van der Waals surface area (Å²) in [6.45, 7) is 0.816. The fourth-order valence-corrected chi connectivity index (χ4v) is 2.94. The molecule has 0 aliphatic carbocycles. The van der Waals surface area contributed by atoms with E-state index >= 15 is 0 Å². The highest BCUT2D eigenvalue weighted by Gasteiger charge is 2.06. The summed E-state index contributed by atoms with van der Waals surface area (Å²) < 4.78 is 6.91. The molecule has 2 aromatic carbocycles. The van der Waals surface area contributed by atoms with Gasteiger partial charge in [0.2, 0.25) is 0 Å². The van der Waals surface area contributed by atoms with Crippen LogP contribution in [0.1, 0.15) is 23.2 Å². The molecule has 0 bridgehead atoms. The van der Waals surface area contributed by atoms with E-state index in [0.29, 0.717) is 36.0 Å². The Bertz CT molecular complexity index is 955. The lowest BCUT2D eigenvalue weighted by Gasteiger charge is -2.04. The molecule has 3 aromatic rings. The molecule has 1 aromatic heterocycles. The van der Waals surface area contributed by atoms with Gasteiger partial charge in [0, 0.05) is 22.3 Å². The van der Waals surface area contributed by atoms with Crippen LogP contribution in [0.25, 0.3) is 6.08 Å². The van der Waals surface area contributed by atoms with Crippen LogP contribution >= 0.6 is 23.2 Å². The Kier molecular flexibility index (Phi) is 7.23. The summed E-state index contributed by atoms with van der Waals surface area (Å²) in [4.78, 5) is 11.7. The Labute approximate surface area is 173 Å². The maximum absolute atomic E-state index is 11.7. The fraction of sp³-hybridized carbons (Fsp3) is 0.190. The van der Waals surface area contributed by atoms with E-state index in [-0.39, 0.29) is 5.97 Å². The normalized spacial score (nSPS) is 11.1. The minimum atomic E-state index is -0.358. The second-order valence-electron chi connectivity index (χ2n) is 6.16. The number of rotatable bonds is 8. The molecule has 0 atom stereocenters. The Hall–Kier alpha value is -2.63. The van der Waals surface area contributed by atoms with Crippen molar-refractivity contribution >= 4 is 35.2 Å². The van der Waals surface area contributed by atoms with Gasteiger partial charge in [-0.05, 0) is 48.2 Å². The van der Waals surface area contributed by atoms with Gasteiger partial charge in [0.15, 0.2) is 0 Å². The standard InChI is InChI=1S/C21H19Cl2N3O2/c22-18-9-10-20(23)17(13-18)14-26-15-19(24-25-26)7-4-12-28-21(27)11-8-16-5-2-1-3-6-16/h1-3,5-6,8-11,13,15H,4,7,12,14H2/b11-8+. The summed E-state index contributed by atoms with van der Waals surface area (Å²) >= 11 is 12.2. The topological polar surface area (TPSA) is 57.0 Å². The number of hydrogen-bond acceptors (Lipinski definition) is 4. The van der Waals surface area contributed by atoms with Gasteiger partial charge in [0.25, 0.3) is 0 Å². The molecular formula is C21H19Cl2N3O2.